The van der Waals surface area contributed by atoms with E-state index in [2.05, 4.69) is 38.9 Å². The third kappa shape index (κ3) is 3.03. The number of rotatable bonds is 4. The fraction of sp³-hybridized carbons (Fsp3) is 0.438. The molecule has 5 nitrogen and oxygen atoms in total. The summed E-state index contributed by atoms with van der Waals surface area (Å²) in [5.74, 6) is -0.673. The highest BCUT2D eigenvalue weighted by Gasteiger charge is 2.37. The van der Waals surface area contributed by atoms with Crippen molar-refractivity contribution in [2.75, 3.05) is 6.73 Å². The van der Waals surface area contributed by atoms with E-state index in [1.165, 1.54) is 6.34 Å². The summed E-state index contributed by atoms with van der Waals surface area (Å²) in [6, 6.07) is 6.78. The minimum Gasteiger partial charge on any atom is -0.398 e. The first kappa shape index (κ1) is 16.6. The average molecular weight is 318 g/mol. The van der Waals surface area contributed by atoms with Gasteiger partial charge in [-0.25, -0.2) is 9.89 Å². The van der Waals surface area contributed by atoms with E-state index in [-0.39, 0.29) is 23.6 Å². The Morgan fingerprint density at radius 2 is 1.64 bits per heavy atom. The number of carbonyl (C=O) groups is 2. The van der Waals surface area contributed by atoms with Crippen LogP contribution in [0.15, 0.2) is 29.3 Å². The molecule has 2 rings (SSSR count). The van der Waals surface area contributed by atoms with Crippen molar-refractivity contribution >= 4 is 26.5 Å². The second-order valence-electron chi connectivity index (χ2n) is 6.86. The van der Waals surface area contributed by atoms with Gasteiger partial charge in [-0.15, -0.1) is 0 Å². The zero-order chi connectivity index (χ0) is 16.5. The molecule has 0 fully saturated rings. The highest BCUT2D eigenvalue weighted by atomic mass is 28.4. The Balaban J connectivity index is 2.02. The van der Waals surface area contributed by atoms with Crippen LogP contribution >= 0.6 is 0 Å². The van der Waals surface area contributed by atoms with Crippen molar-refractivity contribution in [3.8, 4) is 0 Å². The summed E-state index contributed by atoms with van der Waals surface area (Å²) in [5, 5.41) is 0.0953. The minimum atomic E-state index is -1.88. The summed E-state index contributed by atoms with van der Waals surface area (Å²) >= 11 is 0. The maximum absolute atomic E-state index is 12.1. The first-order chi connectivity index (χ1) is 10.1. The van der Waals surface area contributed by atoms with Crippen LogP contribution in [0.4, 0.5) is 0 Å². The normalized spacial score (nSPS) is 15.8. The number of fused-ring (bicyclic) bond motifs is 1. The zero-order valence-electron chi connectivity index (χ0n) is 13.7. The molecule has 22 heavy (non-hydrogen) atoms. The van der Waals surface area contributed by atoms with Crippen LogP contribution in [0, 0.1) is 0 Å². The van der Waals surface area contributed by atoms with E-state index >= 15 is 0 Å². The summed E-state index contributed by atoms with van der Waals surface area (Å²) in [7, 11) is -1.88. The predicted molar refractivity (Wildman–Crippen MR) is 88.6 cm³/mol. The standard InChI is InChI=1S/C16H22N2O3Si/c1-16(2,3)22(4,5)21-11-17-10-18-14(19)12-8-6-7-9-13(12)15(18)20/h6-10H,11H2,1-5H3/b17-10+. The lowest BCUT2D eigenvalue weighted by atomic mass is 10.1. The van der Waals surface area contributed by atoms with Crippen LogP contribution < -0.4 is 0 Å². The third-order valence-electron chi connectivity index (χ3n) is 4.33. The molecule has 0 saturated heterocycles. The van der Waals surface area contributed by atoms with Crippen LogP contribution in [-0.4, -0.2) is 38.1 Å². The lowest BCUT2D eigenvalue weighted by molar-refractivity contribution is 0.0754. The van der Waals surface area contributed by atoms with E-state index < -0.39 is 8.32 Å². The molecule has 1 aromatic rings. The van der Waals surface area contributed by atoms with Crippen LogP contribution in [0.5, 0.6) is 0 Å². The van der Waals surface area contributed by atoms with Crippen LogP contribution in [0.25, 0.3) is 0 Å². The number of carbonyl (C=O) groups excluding carboxylic acids is 2. The van der Waals surface area contributed by atoms with E-state index in [9.17, 15) is 9.59 Å². The van der Waals surface area contributed by atoms with E-state index in [1.54, 1.807) is 24.3 Å². The fourth-order valence-electron chi connectivity index (χ4n) is 1.84. The van der Waals surface area contributed by atoms with Gasteiger partial charge in [-0.3, -0.25) is 9.59 Å². The molecule has 0 spiro atoms. The van der Waals surface area contributed by atoms with Crippen molar-refractivity contribution in [3.05, 3.63) is 35.4 Å². The highest BCUT2D eigenvalue weighted by molar-refractivity contribution is 6.74. The molecule has 2 amide bonds. The molecular weight excluding hydrogens is 296 g/mol. The second-order valence-corrected chi connectivity index (χ2v) is 11.7. The Labute approximate surface area is 132 Å². The summed E-state index contributed by atoms with van der Waals surface area (Å²) < 4.78 is 5.89. The molecule has 0 aromatic heterocycles. The summed E-state index contributed by atoms with van der Waals surface area (Å²) in [6.45, 7) is 10.9. The largest absolute Gasteiger partial charge is 0.398 e. The molecule has 0 bridgehead atoms. The topological polar surface area (TPSA) is 59.0 Å². The number of hydrogen-bond donors (Lipinski definition) is 0. The second kappa shape index (κ2) is 5.77. The molecule has 0 radical (unpaired) electrons. The average Bonchev–Trinajstić information content (AvgIpc) is 2.67. The molecule has 0 atom stereocenters. The Morgan fingerprint density at radius 1 is 1.14 bits per heavy atom. The van der Waals surface area contributed by atoms with Crippen LogP contribution in [0.1, 0.15) is 41.5 Å². The van der Waals surface area contributed by atoms with Crippen LogP contribution in [-0.2, 0) is 4.43 Å². The maximum Gasteiger partial charge on any atom is 0.266 e. The molecular formula is C16H22N2O3Si. The molecule has 0 saturated carbocycles. The molecule has 1 aliphatic rings. The lowest BCUT2D eigenvalue weighted by Gasteiger charge is -2.35. The molecule has 6 heteroatoms. The van der Waals surface area contributed by atoms with Crippen molar-refractivity contribution in [1.82, 2.24) is 4.90 Å². The molecule has 1 heterocycles. The van der Waals surface area contributed by atoms with E-state index in [0.29, 0.717) is 11.1 Å². The van der Waals surface area contributed by atoms with E-state index in [0.717, 1.165) is 4.90 Å². The van der Waals surface area contributed by atoms with Gasteiger partial charge in [-0.1, -0.05) is 32.9 Å². The number of amides is 2. The number of benzene rings is 1. The molecule has 0 unspecified atom stereocenters. The predicted octanol–water partition coefficient (Wildman–Crippen LogP) is 3.29. The number of imide groups is 1. The Hall–Kier alpha value is -1.79. The molecule has 1 aliphatic heterocycles. The van der Waals surface area contributed by atoms with Crippen LogP contribution in [0.2, 0.25) is 18.1 Å². The van der Waals surface area contributed by atoms with Gasteiger partial charge in [0.1, 0.15) is 13.1 Å². The Morgan fingerprint density at radius 3 is 2.09 bits per heavy atom. The Bertz CT molecular complexity index is 598. The molecule has 118 valence electrons. The third-order valence-corrected chi connectivity index (χ3v) is 8.79. The summed E-state index contributed by atoms with van der Waals surface area (Å²) in [4.78, 5) is 29.4. The maximum atomic E-state index is 12.1. The monoisotopic (exact) mass is 318 g/mol. The zero-order valence-corrected chi connectivity index (χ0v) is 14.7. The van der Waals surface area contributed by atoms with Gasteiger partial charge >= 0.3 is 0 Å². The Kier molecular flexibility index (Phi) is 4.35. The smallest absolute Gasteiger partial charge is 0.266 e. The quantitative estimate of drug-likeness (QED) is 0.370. The first-order valence-electron chi connectivity index (χ1n) is 7.26. The van der Waals surface area contributed by atoms with Gasteiger partial charge in [0, 0.05) is 0 Å². The van der Waals surface area contributed by atoms with Gasteiger partial charge in [-0.2, -0.15) is 0 Å². The molecule has 1 aromatic carbocycles. The number of hydrogen-bond acceptors (Lipinski definition) is 4. The first-order valence-corrected chi connectivity index (χ1v) is 10.2. The van der Waals surface area contributed by atoms with Crippen molar-refractivity contribution < 1.29 is 14.0 Å². The van der Waals surface area contributed by atoms with E-state index in [1.807, 2.05) is 0 Å². The SMILES string of the molecule is CC(C)(C)[Si](C)(C)OC/N=C/N1C(=O)c2ccccc2C1=O. The number of nitrogens with zero attached hydrogens (tertiary/aromatic N) is 2. The van der Waals surface area contributed by atoms with Gasteiger partial charge in [0.2, 0.25) is 0 Å². The lowest BCUT2D eigenvalue weighted by Crippen LogP contribution is -2.40. The van der Waals surface area contributed by atoms with Gasteiger partial charge in [0.15, 0.2) is 8.32 Å². The molecule has 0 aliphatic carbocycles. The van der Waals surface area contributed by atoms with Crippen molar-refractivity contribution in [3.63, 3.8) is 0 Å². The summed E-state index contributed by atoms with van der Waals surface area (Å²) in [6.07, 6.45) is 1.28. The van der Waals surface area contributed by atoms with Gasteiger partial charge in [0.05, 0.1) is 11.1 Å². The van der Waals surface area contributed by atoms with Crippen LogP contribution in [0.3, 0.4) is 0 Å². The minimum absolute atomic E-state index is 0.0953. The van der Waals surface area contributed by atoms with Gasteiger partial charge < -0.3 is 4.43 Å². The van der Waals surface area contributed by atoms with E-state index in [4.69, 9.17) is 4.43 Å². The van der Waals surface area contributed by atoms with Crippen molar-refractivity contribution in [1.29, 1.82) is 0 Å². The number of aliphatic imine (C=N–C) groups is 1. The van der Waals surface area contributed by atoms with Gasteiger partial charge in [0.25, 0.3) is 11.8 Å². The van der Waals surface area contributed by atoms with Crippen molar-refractivity contribution in [2.45, 2.75) is 38.9 Å². The fourth-order valence-corrected chi connectivity index (χ4v) is 2.67. The summed E-state index contributed by atoms with van der Waals surface area (Å²) in [5.41, 5.74) is 0.841. The molecule has 0 N–H and O–H groups in total. The van der Waals surface area contributed by atoms with Gasteiger partial charge in [-0.05, 0) is 30.3 Å². The van der Waals surface area contributed by atoms with Crippen molar-refractivity contribution in [2.24, 2.45) is 4.99 Å². The highest BCUT2D eigenvalue weighted by Crippen LogP contribution is 2.36.